The topological polar surface area (TPSA) is 60.0 Å². The predicted molar refractivity (Wildman–Crippen MR) is 155 cm³/mol. The van der Waals surface area contributed by atoms with Crippen LogP contribution in [0.3, 0.4) is 0 Å². The zero-order chi connectivity index (χ0) is 27.2. The summed E-state index contributed by atoms with van der Waals surface area (Å²) in [6.07, 6.45) is 1.62. The number of ether oxygens (including phenoxy) is 3. The van der Waals surface area contributed by atoms with Crippen molar-refractivity contribution in [1.29, 1.82) is 0 Å². The van der Waals surface area contributed by atoms with Gasteiger partial charge in [0.1, 0.15) is 5.75 Å². The van der Waals surface area contributed by atoms with Crippen LogP contribution in [0.5, 0.6) is 17.2 Å². The maximum Gasteiger partial charge on any atom is 0.234 e. The van der Waals surface area contributed by atoms with Crippen molar-refractivity contribution in [2.45, 2.75) is 32.4 Å². The number of nitrogens with one attached hydrogen (secondary N) is 1. The summed E-state index contributed by atoms with van der Waals surface area (Å²) in [5.74, 6) is 2.25. The number of rotatable bonds is 10. The minimum Gasteiger partial charge on any atom is -0.494 e. The molecular weight excluding hydrogens is 488 g/mol. The highest BCUT2D eigenvalue weighted by atomic mass is 16.5. The van der Waals surface area contributed by atoms with Crippen molar-refractivity contribution in [3.63, 3.8) is 0 Å². The number of hydrogen-bond acceptors (Lipinski definition) is 5. The summed E-state index contributed by atoms with van der Waals surface area (Å²) < 4.78 is 17.0. The number of para-hydroxylation sites is 1. The van der Waals surface area contributed by atoms with Crippen LogP contribution in [0.1, 0.15) is 35.2 Å². The monoisotopic (exact) mass is 524 g/mol. The van der Waals surface area contributed by atoms with Crippen molar-refractivity contribution in [2.24, 2.45) is 0 Å². The SMILES string of the molecule is CCOc1ccccc1CNC(=O)CN1CCc2cc(OC)c(OC)cc2C1Cc1ccc2ccccc2c1. The van der Waals surface area contributed by atoms with Crippen LogP contribution in [-0.2, 0) is 24.2 Å². The van der Waals surface area contributed by atoms with Gasteiger partial charge < -0.3 is 19.5 Å². The van der Waals surface area contributed by atoms with Crippen LogP contribution >= 0.6 is 0 Å². The fraction of sp³-hybridized carbons (Fsp3) is 0.303. The molecule has 202 valence electrons. The van der Waals surface area contributed by atoms with Gasteiger partial charge in [0.25, 0.3) is 0 Å². The lowest BCUT2D eigenvalue weighted by Crippen LogP contribution is -2.43. The Bertz CT molecular complexity index is 1450. The van der Waals surface area contributed by atoms with E-state index >= 15 is 0 Å². The molecule has 0 radical (unpaired) electrons. The molecule has 1 heterocycles. The van der Waals surface area contributed by atoms with E-state index in [9.17, 15) is 4.79 Å². The van der Waals surface area contributed by atoms with Crippen molar-refractivity contribution in [2.75, 3.05) is 33.9 Å². The molecule has 1 aliphatic rings. The van der Waals surface area contributed by atoms with E-state index in [2.05, 4.69) is 64.8 Å². The molecule has 0 saturated carbocycles. The highest BCUT2D eigenvalue weighted by Crippen LogP contribution is 2.39. The Labute approximate surface area is 230 Å². The number of carbonyl (C=O) groups excluding carboxylic acids is 1. The predicted octanol–water partition coefficient (Wildman–Crippen LogP) is 5.71. The summed E-state index contributed by atoms with van der Waals surface area (Å²) in [6.45, 7) is 4.07. The lowest BCUT2D eigenvalue weighted by atomic mass is 9.87. The second-order valence-electron chi connectivity index (χ2n) is 9.85. The molecule has 39 heavy (non-hydrogen) atoms. The second kappa shape index (κ2) is 12.2. The number of amides is 1. The van der Waals surface area contributed by atoms with E-state index in [0.29, 0.717) is 25.4 Å². The summed E-state index contributed by atoms with van der Waals surface area (Å²) >= 11 is 0. The molecule has 0 bridgehead atoms. The third kappa shape index (κ3) is 6.02. The molecule has 6 nitrogen and oxygen atoms in total. The molecule has 0 saturated heterocycles. The number of methoxy groups -OCH3 is 2. The summed E-state index contributed by atoms with van der Waals surface area (Å²) in [5.41, 5.74) is 4.63. The van der Waals surface area contributed by atoms with E-state index in [1.165, 1.54) is 27.5 Å². The van der Waals surface area contributed by atoms with Gasteiger partial charge in [-0.25, -0.2) is 0 Å². The van der Waals surface area contributed by atoms with Gasteiger partial charge in [-0.15, -0.1) is 0 Å². The minimum absolute atomic E-state index is 0.00580. The van der Waals surface area contributed by atoms with E-state index in [4.69, 9.17) is 14.2 Å². The molecule has 1 N–H and O–H groups in total. The maximum atomic E-state index is 13.2. The fourth-order valence-corrected chi connectivity index (χ4v) is 5.48. The van der Waals surface area contributed by atoms with Crippen LogP contribution in [-0.4, -0.2) is 44.7 Å². The lowest BCUT2D eigenvalue weighted by molar-refractivity contribution is -0.123. The van der Waals surface area contributed by atoms with Crippen LogP contribution in [0.25, 0.3) is 10.8 Å². The Kier molecular flexibility index (Phi) is 8.33. The minimum atomic E-state index is -0.00580. The Morgan fingerprint density at radius 1 is 0.897 bits per heavy atom. The summed E-state index contributed by atoms with van der Waals surface area (Å²) in [6, 6.07) is 27.1. The molecule has 1 amide bonds. The molecule has 4 aromatic carbocycles. The zero-order valence-electron chi connectivity index (χ0n) is 22.9. The van der Waals surface area contributed by atoms with E-state index in [-0.39, 0.29) is 11.9 Å². The zero-order valence-corrected chi connectivity index (χ0v) is 22.9. The Morgan fingerprint density at radius 2 is 1.64 bits per heavy atom. The van der Waals surface area contributed by atoms with Gasteiger partial charge in [-0.1, -0.05) is 60.7 Å². The largest absolute Gasteiger partial charge is 0.494 e. The highest BCUT2D eigenvalue weighted by molar-refractivity contribution is 5.83. The Balaban J connectivity index is 1.40. The molecule has 4 aromatic rings. The van der Waals surface area contributed by atoms with Crippen LogP contribution in [0.2, 0.25) is 0 Å². The average Bonchev–Trinajstić information content (AvgIpc) is 2.97. The van der Waals surface area contributed by atoms with Gasteiger partial charge in [0.15, 0.2) is 11.5 Å². The molecule has 0 fully saturated rings. The van der Waals surface area contributed by atoms with Crippen LogP contribution in [0.4, 0.5) is 0 Å². The summed E-state index contributed by atoms with van der Waals surface area (Å²) in [7, 11) is 3.33. The first-order valence-electron chi connectivity index (χ1n) is 13.5. The van der Waals surface area contributed by atoms with E-state index in [0.717, 1.165) is 36.4 Å². The smallest absolute Gasteiger partial charge is 0.234 e. The standard InChI is InChI=1S/C33H36N2O4/c1-4-39-30-12-8-7-11-27(30)21-34-33(36)22-35-16-15-26-19-31(37-2)32(38-3)20-28(26)29(35)18-23-13-14-24-9-5-6-10-25(24)17-23/h5-14,17,19-20,29H,4,15-16,18,21-22H2,1-3H3,(H,34,36). The molecule has 0 aromatic heterocycles. The summed E-state index contributed by atoms with van der Waals surface area (Å²) in [5, 5.41) is 5.55. The highest BCUT2D eigenvalue weighted by Gasteiger charge is 2.30. The van der Waals surface area contributed by atoms with Gasteiger partial charge in [-0.05, 0) is 65.4 Å². The number of carbonyl (C=O) groups is 1. The molecule has 1 atom stereocenters. The van der Waals surface area contributed by atoms with Gasteiger partial charge in [0.2, 0.25) is 5.91 Å². The molecule has 1 aliphatic heterocycles. The first kappa shape index (κ1) is 26.6. The fourth-order valence-electron chi connectivity index (χ4n) is 5.48. The molecule has 1 unspecified atom stereocenters. The van der Waals surface area contributed by atoms with Crippen LogP contribution < -0.4 is 19.5 Å². The number of benzene rings is 4. The van der Waals surface area contributed by atoms with Crippen molar-refractivity contribution in [3.8, 4) is 17.2 Å². The Morgan fingerprint density at radius 3 is 2.44 bits per heavy atom. The second-order valence-corrected chi connectivity index (χ2v) is 9.85. The van der Waals surface area contributed by atoms with Crippen LogP contribution in [0.15, 0.2) is 78.9 Å². The summed E-state index contributed by atoms with van der Waals surface area (Å²) in [4.78, 5) is 15.5. The van der Waals surface area contributed by atoms with Crippen molar-refractivity contribution < 1.29 is 19.0 Å². The number of nitrogens with zero attached hydrogens (tertiary/aromatic N) is 1. The Hall–Kier alpha value is -4.03. The molecular formula is C33H36N2O4. The third-order valence-corrected chi connectivity index (χ3v) is 7.45. The lowest BCUT2D eigenvalue weighted by Gasteiger charge is -2.37. The quantitative estimate of drug-likeness (QED) is 0.288. The van der Waals surface area contributed by atoms with E-state index < -0.39 is 0 Å². The van der Waals surface area contributed by atoms with Crippen molar-refractivity contribution >= 4 is 16.7 Å². The van der Waals surface area contributed by atoms with Crippen molar-refractivity contribution in [3.05, 3.63) is 101 Å². The number of hydrogen-bond donors (Lipinski definition) is 1. The first-order chi connectivity index (χ1) is 19.1. The molecule has 0 spiro atoms. The molecule has 0 aliphatic carbocycles. The van der Waals surface area contributed by atoms with Gasteiger partial charge >= 0.3 is 0 Å². The van der Waals surface area contributed by atoms with Gasteiger partial charge in [-0.3, -0.25) is 9.69 Å². The van der Waals surface area contributed by atoms with Gasteiger partial charge in [0.05, 0.1) is 27.4 Å². The van der Waals surface area contributed by atoms with Crippen molar-refractivity contribution in [1.82, 2.24) is 10.2 Å². The van der Waals surface area contributed by atoms with E-state index in [1.807, 2.05) is 31.2 Å². The van der Waals surface area contributed by atoms with E-state index in [1.54, 1.807) is 14.2 Å². The maximum absolute atomic E-state index is 13.2. The third-order valence-electron chi connectivity index (χ3n) is 7.45. The molecule has 6 heteroatoms. The average molecular weight is 525 g/mol. The van der Waals surface area contributed by atoms with Gasteiger partial charge in [0, 0.05) is 24.7 Å². The number of fused-ring (bicyclic) bond motifs is 2. The van der Waals surface area contributed by atoms with Crippen LogP contribution in [0, 0.1) is 0 Å². The first-order valence-corrected chi connectivity index (χ1v) is 13.5. The normalized spacial score (nSPS) is 15.0. The van der Waals surface area contributed by atoms with Gasteiger partial charge in [-0.2, -0.15) is 0 Å². The molecule has 5 rings (SSSR count).